The molecule has 1 saturated heterocycles. The Kier molecular flexibility index (Phi) is 6.07. The van der Waals surface area contributed by atoms with E-state index in [2.05, 4.69) is 10.1 Å². The third kappa shape index (κ3) is 4.62. The number of hydrogen-bond acceptors (Lipinski definition) is 5. The Morgan fingerprint density at radius 1 is 1.44 bits per heavy atom. The zero-order chi connectivity index (χ0) is 13.5. The van der Waals surface area contributed by atoms with Gasteiger partial charge >= 0.3 is 5.97 Å². The van der Waals surface area contributed by atoms with Crippen LogP contribution in [0.4, 0.5) is 0 Å². The summed E-state index contributed by atoms with van der Waals surface area (Å²) in [5, 5.41) is 12.0. The van der Waals surface area contributed by atoms with E-state index in [-0.39, 0.29) is 30.4 Å². The van der Waals surface area contributed by atoms with Gasteiger partial charge in [0.15, 0.2) is 0 Å². The van der Waals surface area contributed by atoms with Crippen molar-refractivity contribution in [2.24, 2.45) is 5.92 Å². The summed E-state index contributed by atoms with van der Waals surface area (Å²) in [6, 6.07) is 0.129. The minimum Gasteiger partial charge on any atom is -0.469 e. The molecule has 0 saturated carbocycles. The summed E-state index contributed by atoms with van der Waals surface area (Å²) in [6.07, 6.45) is 1.15. The number of hydrogen-bond donors (Lipinski definition) is 2. The van der Waals surface area contributed by atoms with Gasteiger partial charge in [-0.25, -0.2) is 0 Å². The van der Waals surface area contributed by atoms with Crippen molar-refractivity contribution in [3.8, 4) is 0 Å². The molecule has 0 aromatic heterocycles. The van der Waals surface area contributed by atoms with E-state index >= 15 is 0 Å². The lowest BCUT2D eigenvalue weighted by Gasteiger charge is -2.37. The van der Waals surface area contributed by atoms with Crippen LogP contribution >= 0.6 is 0 Å². The van der Waals surface area contributed by atoms with E-state index in [0.29, 0.717) is 26.1 Å². The van der Waals surface area contributed by atoms with E-state index in [9.17, 15) is 9.59 Å². The van der Waals surface area contributed by atoms with Gasteiger partial charge in [0.2, 0.25) is 5.91 Å². The molecule has 0 radical (unpaired) electrons. The highest BCUT2D eigenvalue weighted by Crippen LogP contribution is 2.20. The lowest BCUT2D eigenvalue weighted by atomic mass is 9.91. The molecule has 6 heteroatoms. The van der Waals surface area contributed by atoms with Crippen LogP contribution in [0.25, 0.3) is 0 Å². The summed E-state index contributed by atoms with van der Waals surface area (Å²) < 4.78 is 4.66. The summed E-state index contributed by atoms with van der Waals surface area (Å²) in [4.78, 5) is 24.5. The molecular formula is C12H22N2O4. The molecule has 0 aromatic carbocycles. The van der Waals surface area contributed by atoms with Crippen molar-refractivity contribution in [1.29, 1.82) is 0 Å². The van der Waals surface area contributed by atoms with Crippen molar-refractivity contribution in [1.82, 2.24) is 10.2 Å². The number of nitrogens with one attached hydrogen (secondary N) is 1. The van der Waals surface area contributed by atoms with E-state index < -0.39 is 0 Å². The van der Waals surface area contributed by atoms with Gasteiger partial charge in [0.25, 0.3) is 0 Å². The van der Waals surface area contributed by atoms with Crippen LogP contribution in [0.5, 0.6) is 0 Å². The van der Waals surface area contributed by atoms with Crippen LogP contribution in [0.1, 0.15) is 19.8 Å². The van der Waals surface area contributed by atoms with Crippen molar-refractivity contribution in [3.63, 3.8) is 0 Å². The van der Waals surface area contributed by atoms with E-state index in [4.69, 9.17) is 5.11 Å². The summed E-state index contributed by atoms with van der Waals surface area (Å²) in [7, 11) is 1.37. The van der Waals surface area contributed by atoms with Crippen LogP contribution in [0.2, 0.25) is 0 Å². The third-order valence-corrected chi connectivity index (χ3v) is 3.21. The molecule has 0 aliphatic carbocycles. The molecule has 104 valence electrons. The van der Waals surface area contributed by atoms with Crippen LogP contribution in [0.3, 0.4) is 0 Å². The molecule has 1 fully saturated rings. The van der Waals surface area contributed by atoms with Gasteiger partial charge < -0.3 is 20.1 Å². The summed E-state index contributed by atoms with van der Waals surface area (Å²) in [5.41, 5.74) is 0. The maximum Gasteiger partial charge on any atom is 0.305 e. The van der Waals surface area contributed by atoms with Crippen LogP contribution < -0.4 is 5.32 Å². The van der Waals surface area contributed by atoms with Gasteiger partial charge in [-0.15, -0.1) is 0 Å². The van der Waals surface area contributed by atoms with E-state index in [1.54, 1.807) is 4.90 Å². The molecule has 1 aliphatic rings. The standard InChI is InChI=1S/C12H22N2O4/c1-9(16)14-7-10(6-12(17)18-2)5-11(8-14)13-3-4-15/h10-11,13,15H,3-8H2,1-2H3. The number of piperidine rings is 1. The minimum atomic E-state index is -0.244. The Bertz CT molecular complexity index is 296. The van der Waals surface area contributed by atoms with E-state index in [0.717, 1.165) is 6.42 Å². The van der Waals surface area contributed by atoms with Crippen molar-refractivity contribution in [2.75, 3.05) is 33.4 Å². The smallest absolute Gasteiger partial charge is 0.305 e. The number of aliphatic hydroxyl groups is 1. The zero-order valence-corrected chi connectivity index (χ0v) is 11.0. The SMILES string of the molecule is COC(=O)CC1CC(NCCO)CN(C(C)=O)C1. The Balaban J connectivity index is 2.56. The second-order valence-corrected chi connectivity index (χ2v) is 4.68. The second-order valence-electron chi connectivity index (χ2n) is 4.68. The van der Waals surface area contributed by atoms with E-state index in [1.165, 1.54) is 14.0 Å². The predicted molar refractivity (Wildman–Crippen MR) is 65.9 cm³/mol. The van der Waals surface area contributed by atoms with Gasteiger partial charge in [-0.3, -0.25) is 9.59 Å². The fourth-order valence-corrected chi connectivity index (χ4v) is 2.34. The molecule has 0 bridgehead atoms. The number of ether oxygens (including phenoxy) is 1. The van der Waals surface area contributed by atoms with Crippen LogP contribution in [-0.2, 0) is 14.3 Å². The molecule has 2 unspecified atom stereocenters. The van der Waals surface area contributed by atoms with Crippen LogP contribution in [0.15, 0.2) is 0 Å². The van der Waals surface area contributed by atoms with Crippen LogP contribution in [0, 0.1) is 5.92 Å². The average molecular weight is 258 g/mol. The topological polar surface area (TPSA) is 78.9 Å². The number of nitrogens with zero attached hydrogens (tertiary/aromatic N) is 1. The number of aliphatic hydroxyl groups excluding tert-OH is 1. The molecule has 1 aliphatic heterocycles. The van der Waals surface area contributed by atoms with Gasteiger partial charge in [0.1, 0.15) is 0 Å². The molecule has 1 amide bonds. The Morgan fingerprint density at radius 3 is 2.72 bits per heavy atom. The first-order valence-electron chi connectivity index (χ1n) is 6.23. The summed E-state index contributed by atoms with van der Waals surface area (Å²) in [5.74, 6) is -0.113. The highest BCUT2D eigenvalue weighted by atomic mass is 16.5. The lowest BCUT2D eigenvalue weighted by molar-refractivity contribution is -0.143. The second kappa shape index (κ2) is 7.33. The lowest BCUT2D eigenvalue weighted by Crippen LogP contribution is -2.51. The number of rotatable bonds is 5. The summed E-state index contributed by atoms with van der Waals surface area (Å²) in [6.45, 7) is 3.33. The molecule has 0 aromatic rings. The number of esters is 1. The molecule has 1 heterocycles. The first-order chi connectivity index (χ1) is 8.56. The quantitative estimate of drug-likeness (QED) is 0.642. The fourth-order valence-electron chi connectivity index (χ4n) is 2.34. The van der Waals surface area contributed by atoms with Crippen molar-refractivity contribution in [3.05, 3.63) is 0 Å². The largest absolute Gasteiger partial charge is 0.469 e. The summed E-state index contributed by atoms with van der Waals surface area (Å²) >= 11 is 0. The number of carbonyl (C=O) groups excluding carboxylic acids is 2. The van der Waals surface area contributed by atoms with Gasteiger partial charge in [-0.05, 0) is 12.3 Å². The van der Waals surface area contributed by atoms with Crippen molar-refractivity contribution >= 4 is 11.9 Å². The number of methoxy groups -OCH3 is 1. The number of amides is 1. The number of likely N-dealkylation sites (tertiary alicyclic amines) is 1. The third-order valence-electron chi connectivity index (χ3n) is 3.21. The first-order valence-corrected chi connectivity index (χ1v) is 6.23. The van der Waals surface area contributed by atoms with Gasteiger partial charge in [-0.1, -0.05) is 0 Å². The molecule has 2 atom stereocenters. The number of carbonyl (C=O) groups is 2. The van der Waals surface area contributed by atoms with Crippen molar-refractivity contribution in [2.45, 2.75) is 25.8 Å². The highest BCUT2D eigenvalue weighted by molar-refractivity contribution is 5.74. The molecule has 0 spiro atoms. The molecule has 6 nitrogen and oxygen atoms in total. The van der Waals surface area contributed by atoms with Crippen LogP contribution in [-0.4, -0.2) is 61.3 Å². The highest BCUT2D eigenvalue weighted by Gasteiger charge is 2.29. The maximum atomic E-state index is 11.5. The van der Waals surface area contributed by atoms with E-state index in [1.807, 2.05) is 0 Å². The first kappa shape index (κ1) is 14.9. The Labute approximate surface area is 107 Å². The van der Waals surface area contributed by atoms with Gasteiger partial charge in [0.05, 0.1) is 20.1 Å². The molecular weight excluding hydrogens is 236 g/mol. The minimum absolute atomic E-state index is 0.0142. The predicted octanol–water partition coefficient (Wildman–Crippen LogP) is -0.632. The van der Waals surface area contributed by atoms with Gasteiger partial charge in [0, 0.05) is 32.6 Å². The molecule has 18 heavy (non-hydrogen) atoms. The normalized spacial score (nSPS) is 23.8. The Hall–Kier alpha value is -1.14. The monoisotopic (exact) mass is 258 g/mol. The maximum absolute atomic E-state index is 11.5. The molecule has 2 N–H and O–H groups in total. The zero-order valence-electron chi connectivity index (χ0n) is 11.0. The van der Waals surface area contributed by atoms with Gasteiger partial charge in [-0.2, -0.15) is 0 Å². The average Bonchev–Trinajstić information content (AvgIpc) is 2.35. The fraction of sp³-hybridized carbons (Fsp3) is 0.833. The van der Waals surface area contributed by atoms with Crippen molar-refractivity contribution < 1.29 is 19.4 Å². The Morgan fingerprint density at radius 2 is 2.17 bits per heavy atom. The molecule has 1 rings (SSSR count).